The van der Waals surface area contributed by atoms with Crippen LogP contribution in [0.15, 0.2) is 18.2 Å². The van der Waals surface area contributed by atoms with Crippen LogP contribution in [0.3, 0.4) is 0 Å². The first-order valence-corrected chi connectivity index (χ1v) is 8.66. The van der Waals surface area contributed by atoms with Crippen molar-refractivity contribution in [3.8, 4) is 0 Å². The highest BCUT2D eigenvalue weighted by Gasteiger charge is 2.25. The molecule has 6 nitrogen and oxygen atoms in total. The smallest absolute Gasteiger partial charge is 0.239 e. The van der Waals surface area contributed by atoms with Gasteiger partial charge >= 0.3 is 0 Å². The Hall–Kier alpha value is -1.60. The molecule has 0 spiro atoms. The largest absolute Gasteiger partial charge is 0.398 e. The fourth-order valence-electron chi connectivity index (χ4n) is 2.29. The van der Waals surface area contributed by atoms with Crippen molar-refractivity contribution in [3.05, 3.63) is 23.8 Å². The van der Waals surface area contributed by atoms with Crippen LogP contribution in [0.25, 0.3) is 0 Å². The van der Waals surface area contributed by atoms with Gasteiger partial charge in [0.1, 0.15) is 5.75 Å². The number of nitrogens with two attached hydrogens (primary N) is 1. The van der Waals surface area contributed by atoms with Crippen LogP contribution in [-0.4, -0.2) is 38.5 Å². The van der Waals surface area contributed by atoms with Crippen molar-refractivity contribution >= 4 is 27.1 Å². The Morgan fingerprint density at radius 2 is 2.24 bits per heavy atom. The average molecular weight is 312 g/mol. The first kappa shape index (κ1) is 15.8. The van der Waals surface area contributed by atoms with Crippen LogP contribution in [0.1, 0.15) is 18.4 Å². The van der Waals surface area contributed by atoms with Gasteiger partial charge in [-0.05, 0) is 37.5 Å². The van der Waals surface area contributed by atoms with Crippen molar-refractivity contribution in [2.75, 3.05) is 29.2 Å². The van der Waals surface area contributed by atoms with E-state index in [0.29, 0.717) is 18.0 Å². The number of amides is 1. The van der Waals surface area contributed by atoms with E-state index in [-0.39, 0.29) is 11.9 Å². The molecule has 1 aliphatic heterocycles. The Kier molecular flexibility index (Phi) is 4.84. The highest BCUT2D eigenvalue weighted by molar-refractivity contribution is 7.92. The Labute approximate surface area is 124 Å². The van der Waals surface area contributed by atoms with Crippen molar-refractivity contribution in [1.29, 1.82) is 0 Å². The van der Waals surface area contributed by atoms with Crippen LogP contribution in [-0.2, 0) is 19.4 Å². The molecule has 1 saturated heterocycles. The third-order valence-corrected chi connectivity index (χ3v) is 5.05. The molecule has 0 bridgehead atoms. The number of nitrogens with one attached hydrogen (secondary N) is 1. The van der Waals surface area contributed by atoms with E-state index in [4.69, 9.17) is 10.5 Å². The highest BCUT2D eigenvalue weighted by Crippen LogP contribution is 2.20. The number of hydrogen-bond donors (Lipinski definition) is 2. The molecule has 7 heteroatoms. The standard InChI is InChI=1S/C14H20N2O4S/c1-10-12(15)5-2-6-13(10)16-14(17)9-21(18,19)8-11-4-3-7-20-11/h2,5-6,11H,3-4,7-9,15H2,1H3,(H,16,17). The predicted molar refractivity (Wildman–Crippen MR) is 81.8 cm³/mol. The molecule has 1 fully saturated rings. The molecule has 0 aliphatic carbocycles. The fourth-order valence-corrected chi connectivity index (χ4v) is 3.71. The number of carbonyl (C=O) groups excluding carboxylic acids is 1. The summed E-state index contributed by atoms with van der Waals surface area (Å²) < 4.78 is 29.2. The summed E-state index contributed by atoms with van der Waals surface area (Å²) in [4.78, 5) is 11.9. The van der Waals surface area contributed by atoms with Crippen LogP contribution in [0.2, 0.25) is 0 Å². The predicted octanol–water partition coefficient (Wildman–Crippen LogP) is 1.11. The minimum atomic E-state index is -3.48. The zero-order chi connectivity index (χ0) is 15.5. The lowest BCUT2D eigenvalue weighted by Gasteiger charge is -2.12. The molecule has 1 atom stereocenters. The zero-order valence-corrected chi connectivity index (χ0v) is 12.8. The number of sulfone groups is 1. The number of hydrogen-bond acceptors (Lipinski definition) is 5. The number of rotatable bonds is 5. The van der Waals surface area contributed by atoms with E-state index in [2.05, 4.69) is 5.32 Å². The Morgan fingerprint density at radius 3 is 2.90 bits per heavy atom. The van der Waals surface area contributed by atoms with Crippen molar-refractivity contribution in [2.45, 2.75) is 25.9 Å². The number of benzene rings is 1. The van der Waals surface area contributed by atoms with E-state index in [1.807, 2.05) is 0 Å². The van der Waals surface area contributed by atoms with Crippen molar-refractivity contribution < 1.29 is 17.9 Å². The van der Waals surface area contributed by atoms with Crippen LogP contribution in [0.4, 0.5) is 11.4 Å². The maximum atomic E-state index is 12.0. The van der Waals surface area contributed by atoms with Crippen molar-refractivity contribution in [1.82, 2.24) is 0 Å². The Bertz CT molecular complexity index is 622. The van der Waals surface area contributed by atoms with Gasteiger partial charge in [-0.1, -0.05) is 6.07 Å². The molecule has 1 unspecified atom stereocenters. The first-order valence-electron chi connectivity index (χ1n) is 6.84. The molecule has 116 valence electrons. The Morgan fingerprint density at radius 1 is 1.48 bits per heavy atom. The second-order valence-corrected chi connectivity index (χ2v) is 7.37. The number of carbonyl (C=O) groups is 1. The van der Waals surface area contributed by atoms with Gasteiger partial charge in [0.15, 0.2) is 9.84 Å². The third-order valence-electron chi connectivity index (χ3n) is 3.46. The molecule has 1 aliphatic rings. The highest BCUT2D eigenvalue weighted by atomic mass is 32.2. The molecule has 1 amide bonds. The number of ether oxygens (including phenoxy) is 1. The van der Waals surface area contributed by atoms with Gasteiger partial charge in [-0.2, -0.15) is 0 Å². The average Bonchev–Trinajstić information content (AvgIpc) is 2.86. The van der Waals surface area contributed by atoms with Crippen molar-refractivity contribution in [2.24, 2.45) is 0 Å². The van der Waals surface area contributed by atoms with E-state index >= 15 is 0 Å². The molecule has 1 aromatic carbocycles. The lowest BCUT2D eigenvalue weighted by molar-refractivity contribution is -0.113. The summed E-state index contributed by atoms with van der Waals surface area (Å²) in [6, 6.07) is 5.12. The van der Waals surface area contributed by atoms with Crippen LogP contribution in [0, 0.1) is 6.92 Å². The molecule has 3 N–H and O–H groups in total. The lowest BCUT2D eigenvalue weighted by atomic mass is 10.1. The van der Waals surface area contributed by atoms with Crippen LogP contribution < -0.4 is 11.1 Å². The molecular formula is C14H20N2O4S. The summed E-state index contributed by atoms with van der Waals surface area (Å²) in [5, 5.41) is 2.59. The summed E-state index contributed by atoms with van der Waals surface area (Å²) >= 11 is 0. The number of anilines is 2. The number of nitrogen functional groups attached to an aromatic ring is 1. The minimum absolute atomic E-state index is 0.101. The van der Waals surface area contributed by atoms with Gasteiger partial charge in [0.25, 0.3) is 0 Å². The van der Waals surface area contributed by atoms with Gasteiger partial charge in [0, 0.05) is 18.0 Å². The van der Waals surface area contributed by atoms with E-state index in [1.54, 1.807) is 25.1 Å². The van der Waals surface area contributed by atoms with E-state index < -0.39 is 21.5 Å². The molecule has 1 aromatic rings. The molecule has 2 rings (SSSR count). The summed E-state index contributed by atoms with van der Waals surface area (Å²) in [6.07, 6.45) is 1.32. The minimum Gasteiger partial charge on any atom is -0.398 e. The second-order valence-electron chi connectivity index (χ2n) is 5.26. The quantitative estimate of drug-likeness (QED) is 0.794. The lowest BCUT2D eigenvalue weighted by Crippen LogP contribution is -2.29. The summed E-state index contributed by atoms with van der Waals surface area (Å²) in [5.41, 5.74) is 7.56. The second kappa shape index (κ2) is 6.44. The molecule has 0 saturated carbocycles. The first-order chi connectivity index (χ1) is 9.87. The van der Waals surface area contributed by atoms with Gasteiger partial charge in [-0.25, -0.2) is 8.42 Å². The molecule has 1 heterocycles. The van der Waals surface area contributed by atoms with Crippen LogP contribution in [0.5, 0.6) is 0 Å². The van der Waals surface area contributed by atoms with Crippen LogP contribution >= 0.6 is 0 Å². The molecule has 21 heavy (non-hydrogen) atoms. The third kappa shape index (κ3) is 4.44. The monoisotopic (exact) mass is 312 g/mol. The summed E-state index contributed by atoms with van der Waals surface area (Å²) in [7, 11) is -3.48. The van der Waals surface area contributed by atoms with Gasteiger partial charge in [-0.3, -0.25) is 4.79 Å². The maximum absolute atomic E-state index is 12.0. The van der Waals surface area contributed by atoms with E-state index in [9.17, 15) is 13.2 Å². The summed E-state index contributed by atoms with van der Waals surface area (Å²) in [6.45, 7) is 2.36. The van der Waals surface area contributed by atoms with E-state index in [1.165, 1.54) is 0 Å². The zero-order valence-electron chi connectivity index (χ0n) is 12.0. The maximum Gasteiger partial charge on any atom is 0.239 e. The molecule has 0 aromatic heterocycles. The fraction of sp³-hybridized carbons (Fsp3) is 0.500. The van der Waals surface area contributed by atoms with Gasteiger partial charge in [-0.15, -0.1) is 0 Å². The van der Waals surface area contributed by atoms with Gasteiger partial charge in [0.2, 0.25) is 5.91 Å². The SMILES string of the molecule is Cc1c(N)cccc1NC(=O)CS(=O)(=O)CC1CCCO1. The normalized spacial score (nSPS) is 18.6. The summed E-state index contributed by atoms with van der Waals surface area (Å²) in [5.74, 6) is -1.20. The topological polar surface area (TPSA) is 98.5 Å². The molecular weight excluding hydrogens is 292 g/mol. The Balaban J connectivity index is 1.96. The van der Waals surface area contributed by atoms with Gasteiger partial charge in [0.05, 0.1) is 11.9 Å². The molecule has 0 radical (unpaired) electrons. The van der Waals surface area contributed by atoms with Gasteiger partial charge < -0.3 is 15.8 Å². The van der Waals surface area contributed by atoms with Crippen molar-refractivity contribution in [3.63, 3.8) is 0 Å². The van der Waals surface area contributed by atoms with E-state index in [0.717, 1.165) is 18.4 Å².